The van der Waals surface area contributed by atoms with E-state index in [1.54, 1.807) is 7.11 Å². The molecule has 4 nitrogen and oxygen atoms in total. The summed E-state index contributed by atoms with van der Waals surface area (Å²) in [5.41, 5.74) is 3.16. The predicted molar refractivity (Wildman–Crippen MR) is 61.2 cm³/mol. The lowest BCUT2D eigenvalue weighted by atomic mass is 10.3. The number of imidazole rings is 1. The van der Waals surface area contributed by atoms with Gasteiger partial charge in [-0.3, -0.25) is 0 Å². The first-order chi connectivity index (χ1) is 7.29. The third-order valence-corrected chi connectivity index (χ3v) is 2.24. The SMILES string of the molecule is COCCNc1ccc2nc(C)[nH]c2c1. The molecule has 80 valence electrons. The molecule has 1 heterocycles. The van der Waals surface area contributed by atoms with Crippen LogP contribution in [0.25, 0.3) is 11.0 Å². The predicted octanol–water partition coefficient (Wildman–Crippen LogP) is 1.93. The topological polar surface area (TPSA) is 49.9 Å². The molecule has 0 fully saturated rings. The van der Waals surface area contributed by atoms with E-state index in [0.717, 1.165) is 29.1 Å². The largest absolute Gasteiger partial charge is 0.383 e. The molecule has 0 amide bonds. The van der Waals surface area contributed by atoms with Gasteiger partial charge in [-0.15, -0.1) is 0 Å². The van der Waals surface area contributed by atoms with E-state index in [1.165, 1.54) is 0 Å². The van der Waals surface area contributed by atoms with Gasteiger partial charge in [-0.25, -0.2) is 4.98 Å². The van der Waals surface area contributed by atoms with Crippen molar-refractivity contribution in [2.75, 3.05) is 25.6 Å². The lowest BCUT2D eigenvalue weighted by Gasteiger charge is -2.04. The van der Waals surface area contributed by atoms with Crippen LogP contribution >= 0.6 is 0 Å². The van der Waals surface area contributed by atoms with Crippen LogP contribution in [0.1, 0.15) is 5.82 Å². The summed E-state index contributed by atoms with van der Waals surface area (Å²) in [5.74, 6) is 0.944. The van der Waals surface area contributed by atoms with Crippen LogP contribution in [0.4, 0.5) is 5.69 Å². The molecule has 1 aromatic heterocycles. The van der Waals surface area contributed by atoms with Crippen LogP contribution in [0.5, 0.6) is 0 Å². The molecule has 15 heavy (non-hydrogen) atoms. The Labute approximate surface area is 88.7 Å². The minimum Gasteiger partial charge on any atom is -0.383 e. The molecule has 0 aliphatic carbocycles. The second-order valence-electron chi connectivity index (χ2n) is 3.47. The van der Waals surface area contributed by atoms with Crippen molar-refractivity contribution < 1.29 is 4.74 Å². The minimum absolute atomic E-state index is 0.708. The Kier molecular flexibility index (Phi) is 2.87. The van der Waals surface area contributed by atoms with Gasteiger partial charge in [-0.05, 0) is 25.1 Å². The zero-order chi connectivity index (χ0) is 10.7. The van der Waals surface area contributed by atoms with Crippen molar-refractivity contribution in [3.8, 4) is 0 Å². The summed E-state index contributed by atoms with van der Waals surface area (Å²) in [5, 5.41) is 3.27. The van der Waals surface area contributed by atoms with Gasteiger partial charge in [0.2, 0.25) is 0 Å². The summed E-state index contributed by atoms with van der Waals surface area (Å²) < 4.78 is 4.97. The first-order valence-corrected chi connectivity index (χ1v) is 4.99. The molecule has 2 N–H and O–H groups in total. The van der Waals surface area contributed by atoms with Crippen LogP contribution in [0, 0.1) is 6.92 Å². The van der Waals surface area contributed by atoms with Crippen LogP contribution in [0.3, 0.4) is 0 Å². The van der Waals surface area contributed by atoms with Crippen molar-refractivity contribution in [3.63, 3.8) is 0 Å². The van der Waals surface area contributed by atoms with Crippen LogP contribution in [-0.2, 0) is 4.74 Å². The van der Waals surface area contributed by atoms with E-state index in [9.17, 15) is 0 Å². The molecule has 0 atom stereocenters. The molecular weight excluding hydrogens is 190 g/mol. The van der Waals surface area contributed by atoms with Gasteiger partial charge in [0.15, 0.2) is 0 Å². The van der Waals surface area contributed by atoms with Crippen molar-refractivity contribution in [1.29, 1.82) is 0 Å². The van der Waals surface area contributed by atoms with Crippen molar-refractivity contribution in [2.24, 2.45) is 0 Å². The van der Waals surface area contributed by atoms with Gasteiger partial charge in [0, 0.05) is 19.3 Å². The van der Waals surface area contributed by atoms with Crippen molar-refractivity contribution in [1.82, 2.24) is 9.97 Å². The fourth-order valence-corrected chi connectivity index (χ4v) is 1.54. The quantitative estimate of drug-likeness (QED) is 0.750. The molecule has 0 bridgehead atoms. The number of hydrogen-bond donors (Lipinski definition) is 2. The molecule has 0 radical (unpaired) electrons. The van der Waals surface area contributed by atoms with Crippen LogP contribution in [0.15, 0.2) is 18.2 Å². The molecule has 0 saturated carbocycles. The third kappa shape index (κ3) is 2.27. The minimum atomic E-state index is 0.708. The number of aromatic nitrogens is 2. The van der Waals surface area contributed by atoms with Gasteiger partial charge < -0.3 is 15.0 Å². The van der Waals surface area contributed by atoms with E-state index in [4.69, 9.17) is 4.74 Å². The monoisotopic (exact) mass is 205 g/mol. The Hall–Kier alpha value is -1.55. The Morgan fingerprint density at radius 2 is 2.33 bits per heavy atom. The number of H-pyrrole nitrogens is 1. The number of methoxy groups -OCH3 is 1. The van der Waals surface area contributed by atoms with E-state index in [0.29, 0.717) is 6.61 Å². The number of nitrogens with zero attached hydrogens (tertiary/aromatic N) is 1. The van der Waals surface area contributed by atoms with Gasteiger partial charge in [0.1, 0.15) is 5.82 Å². The highest BCUT2D eigenvalue weighted by atomic mass is 16.5. The fourth-order valence-electron chi connectivity index (χ4n) is 1.54. The average Bonchev–Trinajstić information content (AvgIpc) is 2.57. The summed E-state index contributed by atoms with van der Waals surface area (Å²) >= 11 is 0. The molecule has 1 aromatic carbocycles. The van der Waals surface area contributed by atoms with E-state index in [2.05, 4.69) is 21.4 Å². The number of anilines is 1. The number of rotatable bonds is 4. The number of aromatic amines is 1. The third-order valence-electron chi connectivity index (χ3n) is 2.24. The molecule has 2 rings (SSSR count). The van der Waals surface area contributed by atoms with Crippen molar-refractivity contribution >= 4 is 16.7 Å². The van der Waals surface area contributed by atoms with Gasteiger partial charge in [-0.1, -0.05) is 0 Å². The van der Waals surface area contributed by atoms with Crippen LogP contribution < -0.4 is 5.32 Å². The molecule has 0 spiro atoms. The summed E-state index contributed by atoms with van der Waals surface area (Å²) in [7, 11) is 1.70. The number of benzene rings is 1. The number of nitrogens with one attached hydrogen (secondary N) is 2. The Morgan fingerprint density at radius 3 is 3.13 bits per heavy atom. The summed E-state index contributed by atoms with van der Waals surface area (Å²) in [6, 6.07) is 6.09. The Morgan fingerprint density at radius 1 is 1.47 bits per heavy atom. The molecule has 4 heteroatoms. The molecule has 0 aliphatic heterocycles. The highest BCUT2D eigenvalue weighted by molar-refractivity contribution is 5.79. The van der Waals surface area contributed by atoms with Gasteiger partial charge in [-0.2, -0.15) is 0 Å². The average molecular weight is 205 g/mol. The summed E-state index contributed by atoms with van der Waals surface area (Å²) in [6.45, 7) is 3.48. The second-order valence-corrected chi connectivity index (χ2v) is 3.47. The van der Waals surface area contributed by atoms with Gasteiger partial charge >= 0.3 is 0 Å². The second kappa shape index (κ2) is 4.31. The zero-order valence-electron chi connectivity index (χ0n) is 9.00. The molecule has 0 saturated heterocycles. The van der Waals surface area contributed by atoms with Crippen molar-refractivity contribution in [3.05, 3.63) is 24.0 Å². The summed E-state index contributed by atoms with van der Waals surface area (Å²) in [6.07, 6.45) is 0. The highest BCUT2D eigenvalue weighted by Gasteiger charge is 1.99. The van der Waals surface area contributed by atoms with Crippen LogP contribution in [0.2, 0.25) is 0 Å². The maximum atomic E-state index is 4.97. The maximum Gasteiger partial charge on any atom is 0.104 e. The lowest BCUT2D eigenvalue weighted by molar-refractivity contribution is 0.211. The van der Waals surface area contributed by atoms with E-state index < -0.39 is 0 Å². The standard InChI is InChI=1S/C11H15N3O/c1-8-13-10-4-3-9(7-11(10)14-8)12-5-6-15-2/h3-4,7,12H,5-6H2,1-2H3,(H,13,14). The van der Waals surface area contributed by atoms with E-state index >= 15 is 0 Å². The van der Waals surface area contributed by atoms with E-state index in [-0.39, 0.29) is 0 Å². The smallest absolute Gasteiger partial charge is 0.104 e. The first kappa shape index (κ1) is 9.98. The highest BCUT2D eigenvalue weighted by Crippen LogP contribution is 2.16. The number of hydrogen-bond acceptors (Lipinski definition) is 3. The molecule has 0 unspecified atom stereocenters. The molecule has 0 aliphatic rings. The number of ether oxygens (including phenoxy) is 1. The summed E-state index contributed by atoms with van der Waals surface area (Å²) in [4.78, 5) is 7.55. The van der Waals surface area contributed by atoms with Crippen molar-refractivity contribution in [2.45, 2.75) is 6.92 Å². The maximum absolute atomic E-state index is 4.97. The Bertz CT molecular complexity index is 450. The van der Waals surface area contributed by atoms with Gasteiger partial charge in [0.25, 0.3) is 0 Å². The number of fused-ring (bicyclic) bond motifs is 1. The normalized spacial score (nSPS) is 10.8. The van der Waals surface area contributed by atoms with Gasteiger partial charge in [0.05, 0.1) is 17.6 Å². The Balaban J connectivity index is 2.15. The number of aryl methyl sites for hydroxylation is 1. The molecule has 2 aromatic rings. The first-order valence-electron chi connectivity index (χ1n) is 4.99. The van der Waals surface area contributed by atoms with Crippen LogP contribution in [-0.4, -0.2) is 30.2 Å². The lowest BCUT2D eigenvalue weighted by Crippen LogP contribution is -2.07. The fraction of sp³-hybridized carbons (Fsp3) is 0.364. The zero-order valence-corrected chi connectivity index (χ0v) is 9.00. The van der Waals surface area contributed by atoms with E-state index in [1.807, 2.05) is 19.1 Å². The molecular formula is C11H15N3O.